The highest BCUT2D eigenvalue weighted by atomic mass is 28.3. The van der Waals surface area contributed by atoms with Crippen molar-refractivity contribution in [1.29, 1.82) is 0 Å². The van der Waals surface area contributed by atoms with Crippen molar-refractivity contribution in [2.75, 3.05) is 25.5 Å². The van der Waals surface area contributed by atoms with Crippen LogP contribution in [0, 0.1) is 11.6 Å². The van der Waals surface area contributed by atoms with Crippen LogP contribution in [0.15, 0.2) is 28.3 Å². The second-order valence-electron chi connectivity index (χ2n) is 10.8. The molecule has 1 aliphatic carbocycles. The van der Waals surface area contributed by atoms with E-state index in [9.17, 15) is 18.4 Å². The van der Waals surface area contributed by atoms with Crippen LogP contribution in [-0.4, -0.2) is 56.5 Å². The van der Waals surface area contributed by atoms with E-state index in [0.717, 1.165) is 42.5 Å². The van der Waals surface area contributed by atoms with Crippen LogP contribution < -0.4 is 15.4 Å². The standard InChI is InChI=1S/C24H32F2N4O3Si/c1-23(2)16-12-27-20(29-21(31)24(8-7-9-24)34(4,5)6)15(16)13-30(23)22(32)28-19-17(25)10-14(33-3)11-18(19)26/h10-11H,7-9,12-13H2,1-6H3,(H,28,32)(H,27,29,31). The predicted octanol–water partition coefficient (Wildman–Crippen LogP) is 4.69. The van der Waals surface area contributed by atoms with Crippen LogP contribution in [0.4, 0.5) is 19.3 Å². The molecule has 1 saturated carbocycles. The highest BCUT2D eigenvalue weighted by Gasteiger charge is 2.54. The van der Waals surface area contributed by atoms with Crippen molar-refractivity contribution >= 4 is 31.5 Å². The summed E-state index contributed by atoms with van der Waals surface area (Å²) in [4.78, 5) is 32.5. The van der Waals surface area contributed by atoms with Crippen LogP contribution in [-0.2, 0) is 4.79 Å². The average molecular weight is 491 g/mol. The van der Waals surface area contributed by atoms with Gasteiger partial charge in [-0.25, -0.2) is 13.6 Å². The van der Waals surface area contributed by atoms with Gasteiger partial charge in [0.2, 0.25) is 5.91 Å². The molecule has 0 radical (unpaired) electrons. The minimum atomic E-state index is -1.75. The van der Waals surface area contributed by atoms with Crippen molar-refractivity contribution in [2.24, 2.45) is 4.99 Å². The van der Waals surface area contributed by atoms with Crippen LogP contribution >= 0.6 is 0 Å². The molecule has 34 heavy (non-hydrogen) atoms. The number of hydrogen-bond acceptors (Lipinski definition) is 4. The van der Waals surface area contributed by atoms with E-state index in [2.05, 4.69) is 35.3 Å². The molecule has 4 rings (SSSR count). The Bertz CT molecular complexity index is 1100. The number of methoxy groups -OCH3 is 1. The molecule has 0 saturated heterocycles. The fourth-order valence-corrected chi connectivity index (χ4v) is 7.82. The first-order valence-electron chi connectivity index (χ1n) is 11.5. The molecule has 184 valence electrons. The minimum absolute atomic E-state index is 0.0218. The predicted molar refractivity (Wildman–Crippen MR) is 130 cm³/mol. The number of carbonyl (C=O) groups excluding carboxylic acids is 2. The number of aliphatic imine (C=N–C) groups is 1. The van der Waals surface area contributed by atoms with E-state index in [1.165, 1.54) is 12.0 Å². The number of halogens is 2. The maximum atomic E-state index is 14.4. The molecule has 1 aromatic rings. The van der Waals surface area contributed by atoms with Crippen molar-refractivity contribution in [3.05, 3.63) is 34.9 Å². The summed E-state index contributed by atoms with van der Waals surface area (Å²) in [6.45, 7) is 10.9. The van der Waals surface area contributed by atoms with Gasteiger partial charge < -0.3 is 20.3 Å². The molecule has 0 atom stereocenters. The van der Waals surface area contributed by atoms with Crippen LogP contribution in [0.25, 0.3) is 0 Å². The quantitative estimate of drug-likeness (QED) is 0.601. The third-order valence-corrected chi connectivity index (χ3v) is 11.4. The second kappa shape index (κ2) is 8.18. The Morgan fingerprint density at radius 3 is 2.24 bits per heavy atom. The number of amidine groups is 1. The summed E-state index contributed by atoms with van der Waals surface area (Å²) in [5.74, 6) is -1.29. The van der Waals surface area contributed by atoms with Crippen LogP contribution in [0.2, 0.25) is 24.7 Å². The molecule has 0 spiro atoms. The summed E-state index contributed by atoms with van der Waals surface area (Å²) >= 11 is 0. The minimum Gasteiger partial charge on any atom is -0.497 e. The van der Waals surface area contributed by atoms with E-state index in [0.29, 0.717) is 12.4 Å². The second-order valence-corrected chi connectivity index (χ2v) is 16.3. The van der Waals surface area contributed by atoms with E-state index >= 15 is 0 Å². The lowest BCUT2D eigenvalue weighted by atomic mass is 9.83. The van der Waals surface area contributed by atoms with Crippen molar-refractivity contribution < 1.29 is 23.1 Å². The largest absolute Gasteiger partial charge is 0.497 e. The number of benzene rings is 1. The number of urea groups is 1. The zero-order valence-corrected chi connectivity index (χ0v) is 21.6. The highest BCUT2D eigenvalue weighted by Crippen LogP contribution is 2.55. The van der Waals surface area contributed by atoms with E-state index in [-0.39, 0.29) is 23.2 Å². The summed E-state index contributed by atoms with van der Waals surface area (Å²) in [5, 5.41) is 5.14. The summed E-state index contributed by atoms with van der Waals surface area (Å²) in [6, 6.07) is 1.40. The molecule has 7 nitrogen and oxygen atoms in total. The van der Waals surface area contributed by atoms with Crippen LogP contribution in [0.5, 0.6) is 5.75 Å². The Kier molecular flexibility index (Phi) is 5.86. The van der Waals surface area contributed by atoms with Crippen LogP contribution in [0.3, 0.4) is 0 Å². The fourth-order valence-electron chi connectivity index (χ4n) is 5.22. The van der Waals surface area contributed by atoms with Gasteiger partial charge in [0.1, 0.15) is 17.3 Å². The smallest absolute Gasteiger partial charge is 0.323 e. The molecule has 3 aliphatic rings. The molecule has 2 N–H and O–H groups in total. The average Bonchev–Trinajstić information content (AvgIpc) is 3.20. The maximum absolute atomic E-state index is 14.4. The summed E-state index contributed by atoms with van der Waals surface area (Å²) < 4.78 is 33.7. The number of amides is 3. The Morgan fingerprint density at radius 1 is 1.12 bits per heavy atom. The third kappa shape index (κ3) is 3.72. The first-order chi connectivity index (χ1) is 15.8. The first-order valence-corrected chi connectivity index (χ1v) is 15.0. The zero-order chi connectivity index (χ0) is 25.1. The number of anilines is 1. The molecule has 1 aromatic carbocycles. The number of carbonyl (C=O) groups is 2. The van der Waals surface area contributed by atoms with Gasteiger partial charge in [0.05, 0.1) is 33.8 Å². The molecule has 2 heterocycles. The van der Waals surface area contributed by atoms with E-state index < -0.39 is 37.0 Å². The van der Waals surface area contributed by atoms with Crippen molar-refractivity contribution in [2.45, 2.75) is 63.3 Å². The molecule has 0 unspecified atom stereocenters. The molecule has 0 aromatic heterocycles. The lowest BCUT2D eigenvalue weighted by molar-refractivity contribution is -0.125. The van der Waals surface area contributed by atoms with Crippen molar-refractivity contribution in [3.8, 4) is 5.75 Å². The lowest BCUT2D eigenvalue weighted by Gasteiger charge is -2.49. The molecule has 1 fully saturated rings. The van der Waals surface area contributed by atoms with Gasteiger partial charge in [-0.2, -0.15) is 0 Å². The normalized spacial score (nSPS) is 20.5. The van der Waals surface area contributed by atoms with E-state index in [1.54, 1.807) is 0 Å². The fraction of sp³-hybridized carbons (Fsp3) is 0.542. The van der Waals surface area contributed by atoms with Gasteiger partial charge in [-0.1, -0.05) is 26.1 Å². The van der Waals surface area contributed by atoms with Gasteiger partial charge in [-0.05, 0) is 32.3 Å². The first kappa shape index (κ1) is 24.4. The Hall–Kier alpha value is -2.75. The Morgan fingerprint density at radius 2 is 1.74 bits per heavy atom. The van der Waals surface area contributed by atoms with Gasteiger partial charge in [0.25, 0.3) is 0 Å². The summed E-state index contributed by atoms with van der Waals surface area (Å²) in [5.41, 5.74) is 0.457. The van der Waals surface area contributed by atoms with Crippen molar-refractivity contribution in [3.63, 3.8) is 0 Å². The van der Waals surface area contributed by atoms with Gasteiger partial charge >= 0.3 is 6.03 Å². The SMILES string of the molecule is COc1cc(F)c(NC(=O)N2CC3=C(CN=C3NC(=O)C3([Si](C)(C)C)CCC3)C2(C)C)c(F)c1. The van der Waals surface area contributed by atoms with Gasteiger partial charge in [-0.3, -0.25) is 9.79 Å². The van der Waals surface area contributed by atoms with Crippen molar-refractivity contribution in [1.82, 2.24) is 10.2 Å². The Balaban J connectivity index is 1.51. The van der Waals surface area contributed by atoms with Crippen LogP contribution in [0.1, 0.15) is 33.1 Å². The number of rotatable bonds is 4. The number of nitrogens with zero attached hydrogens (tertiary/aromatic N) is 2. The number of nitrogens with one attached hydrogen (secondary N) is 2. The monoisotopic (exact) mass is 490 g/mol. The lowest BCUT2D eigenvalue weighted by Crippen LogP contribution is -2.55. The van der Waals surface area contributed by atoms with Gasteiger partial charge in [0, 0.05) is 22.7 Å². The highest BCUT2D eigenvalue weighted by molar-refractivity contribution is 6.82. The molecule has 0 bridgehead atoms. The maximum Gasteiger partial charge on any atom is 0.323 e. The summed E-state index contributed by atoms with van der Waals surface area (Å²) in [6.07, 6.45) is 2.84. The summed E-state index contributed by atoms with van der Waals surface area (Å²) in [7, 11) is -0.445. The number of hydrogen-bond donors (Lipinski definition) is 2. The molecule has 10 heteroatoms. The molecule has 2 aliphatic heterocycles. The van der Waals surface area contributed by atoms with Gasteiger partial charge in [0.15, 0.2) is 11.6 Å². The molecular formula is C24H32F2N4O3Si. The molecular weight excluding hydrogens is 458 g/mol. The topological polar surface area (TPSA) is 83.0 Å². The third-order valence-electron chi connectivity index (χ3n) is 7.81. The van der Waals surface area contributed by atoms with E-state index in [1.807, 2.05) is 13.8 Å². The Labute approximate surface area is 199 Å². The van der Waals surface area contributed by atoms with Gasteiger partial charge in [-0.15, -0.1) is 0 Å². The zero-order valence-electron chi connectivity index (χ0n) is 20.6. The molecule has 3 amide bonds. The number of ether oxygens (including phenoxy) is 1. The van der Waals surface area contributed by atoms with E-state index in [4.69, 9.17) is 4.74 Å².